The van der Waals surface area contributed by atoms with E-state index in [-0.39, 0.29) is 12.5 Å². The molecule has 2 aliphatic rings. The molecule has 1 atom stereocenters. The normalized spacial score (nSPS) is 21.6. The molecule has 4 heteroatoms. The standard InChI is InChI=1S/C19H28N2O2/c1-15(20-9-2-3-10-20)17-7-11-21(12-8-17)19(23)18-6-4-5-16(13-18)14-22/h4-6,13,15,17,22H,2-3,7-12,14H2,1H3/t15-/m0/s1. The van der Waals surface area contributed by atoms with Crippen LogP contribution in [0.15, 0.2) is 24.3 Å². The van der Waals surface area contributed by atoms with Gasteiger partial charge in [-0.25, -0.2) is 0 Å². The van der Waals surface area contributed by atoms with Crippen molar-refractivity contribution in [3.8, 4) is 0 Å². The van der Waals surface area contributed by atoms with Crippen LogP contribution in [0.4, 0.5) is 0 Å². The first-order valence-electron chi connectivity index (χ1n) is 8.92. The van der Waals surface area contributed by atoms with Crippen molar-refractivity contribution >= 4 is 5.91 Å². The molecule has 2 heterocycles. The first kappa shape index (κ1) is 16.5. The van der Waals surface area contributed by atoms with Gasteiger partial charge in [-0.2, -0.15) is 0 Å². The van der Waals surface area contributed by atoms with Gasteiger partial charge in [0.15, 0.2) is 0 Å². The maximum absolute atomic E-state index is 12.6. The van der Waals surface area contributed by atoms with Crippen molar-refractivity contribution in [1.29, 1.82) is 0 Å². The average Bonchev–Trinajstić information content (AvgIpc) is 3.15. The first-order chi connectivity index (χ1) is 11.2. The average molecular weight is 316 g/mol. The molecule has 23 heavy (non-hydrogen) atoms. The quantitative estimate of drug-likeness (QED) is 0.928. The van der Waals surface area contributed by atoms with Gasteiger partial charge in [0, 0.05) is 24.7 Å². The van der Waals surface area contributed by atoms with Gasteiger partial charge in [-0.15, -0.1) is 0 Å². The molecule has 1 aromatic carbocycles. The Hall–Kier alpha value is -1.39. The SMILES string of the molecule is C[C@@H](C1CCN(C(=O)c2cccc(CO)c2)CC1)N1CCCC1. The fourth-order valence-corrected chi connectivity index (χ4v) is 4.02. The second kappa shape index (κ2) is 7.45. The highest BCUT2D eigenvalue weighted by Crippen LogP contribution is 2.27. The largest absolute Gasteiger partial charge is 0.392 e. The summed E-state index contributed by atoms with van der Waals surface area (Å²) in [6.07, 6.45) is 4.87. The molecular formula is C19H28N2O2. The molecule has 0 unspecified atom stereocenters. The van der Waals surface area contributed by atoms with Crippen LogP contribution in [0.3, 0.4) is 0 Å². The Balaban J connectivity index is 1.56. The van der Waals surface area contributed by atoms with Gasteiger partial charge in [0.2, 0.25) is 0 Å². The number of amides is 1. The molecule has 0 aromatic heterocycles. The monoisotopic (exact) mass is 316 g/mol. The van der Waals surface area contributed by atoms with Crippen molar-refractivity contribution in [1.82, 2.24) is 9.80 Å². The van der Waals surface area contributed by atoms with Gasteiger partial charge < -0.3 is 14.9 Å². The molecule has 2 saturated heterocycles. The number of benzene rings is 1. The third-order valence-corrected chi connectivity index (χ3v) is 5.58. The zero-order valence-electron chi connectivity index (χ0n) is 14.1. The Morgan fingerprint density at radius 2 is 1.91 bits per heavy atom. The van der Waals surface area contributed by atoms with Crippen LogP contribution in [0, 0.1) is 5.92 Å². The highest BCUT2D eigenvalue weighted by atomic mass is 16.3. The summed E-state index contributed by atoms with van der Waals surface area (Å²) < 4.78 is 0. The van der Waals surface area contributed by atoms with E-state index < -0.39 is 0 Å². The molecule has 4 nitrogen and oxygen atoms in total. The molecule has 3 rings (SSSR count). The van der Waals surface area contributed by atoms with E-state index >= 15 is 0 Å². The molecule has 0 aliphatic carbocycles. The highest BCUT2D eigenvalue weighted by Gasteiger charge is 2.30. The number of aliphatic hydroxyl groups is 1. The summed E-state index contributed by atoms with van der Waals surface area (Å²) in [4.78, 5) is 17.2. The van der Waals surface area contributed by atoms with Gasteiger partial charge in [0.1, 0.15) is 0 Å². The lowest BCUT2D eigenvalue weighted by atomic mass is 9.89. The number of piperidine rings is 1. The number of carbonyl (C=O) groups is 1. The van der Waals surface area contributed by atoms with E-state index in [0.29, 0.717) is 17.5 Å². The number of likely N-dealkylation sites (tertiary alicyclic amines) is 2. The van der Waals surface area contributed by atoms with E-state index in [9.17, 15) is 9.90 Å². The van der Waals surface area contributed by atoms with Crippen molar-refractivity contribution in [3.05, 3.63) is 35.4 Å². The van der Waals surface area contributed by atoms with Gasteiger partial charge >= 0.3 is 0 Å². The maximum Gasteiger partial charge on any atom is 0.253 e. The molecule has 0 radical (unpaired) electrons. The van der Waals surface area contributed by atoms with E-state index in [4.69, 9.17) is 0 Å². The molecule has 2 fully saturated rings. The minimum atomic E-state index is -0.0173. The van der Waals surface area contributed by atoms with Crippen molar-refractivity contribution < 1.29 is 9.90 Å². The summed E-state index contributed by atoms with van der Waals surface area (Å²) in [5.41, 5.74) is 1.50. The van der Waals surface area contributed by atoms with Gasteiger partial charge in [-0.1, -0.05) is 12.1 Å². The summed E-state index contributed by atoms with van der Waals surface area (Å²) in [5, 5.41) is 9.22. The van der Waals surface area contributed by atoms with E-state index in [1.165, 1.54) is 25.9 Å². The number of hydrogen-bond acceptors (Lipinski definition) is 3. The molecule has 2 aliphatic heterocycles. The first-order valence-corrected chi connectivity index (χ1v) is 8.92. The maximum atomic E-state index is 12.6. The number of nitrogens with zero attached hydrogens (tertiary/aromatic N) is 2. The molecule has 0 spiro atoms. The summed E-state index contributed by atoms with van der Waals surface area (Å²) in [6.45, 7) is 6.54. The Morgan fingerprint density at radius 1 is 1.22 bits per heavy atom. The molecule has 1 amide bonds. The van der Waals surface area contributed by atoms with Crippen LogP contribution in [0.5, 0.6) is 0 Å². The zero-order valence-corrected chi connectivity index (χ0v) is 14.1. The highest BCUT2D eigenvalue weighted by molar-refractivity contribution is 5.94. The third-order valence-electron chi connectivity index (χ3n) is 5.58. The Bertz CT molecular complexity index is 532. The van der Waals surface area contributed by atoms with E-state index in [1.807, 2.05) is 23.1 Å². The summed E-state index contributed by atoms with van der Waals surface area (Å²) in [7, 11) is 0. The lowest BCUT2D eigenvalue weighted by molar-refractivity contribution is 0.0624. The number of rotatable bonds is 4. The van der Waals surface area contributed by atoms with Crippen molar-refractivity contribution in [3.63, 3.8) is 0 Å². The summed E-state index contributed by atoms with van der Waals surface area (Å²) in [5.74, 6) is 0.813. The Labute approximate surface area is 139 Å². The van der Waals surface area contributed by atoms with Crippen molar-refractivity contribution in [2.75, 3.05) is 26.2 Å². The van der Waals surface area contributed by atoms with Crippen LogP contribution < -0.4 is 0 Å². The number of carbonyl (C=O) groups excluding carboxylic acids is 1. The molecule has 1 N–H and O–H groups in total. The van der Waals surface area contributed by atoms with E-state index in [2.05, 4.69) is 11.8 Å². The topological polar surface area (TPSA) is 43.8 Å². The molecule has 0 bridgehead atoms. The molecule has 1 aromatic rings. The number of aliphatic hydroxyl groups excluding tert-OH is 1. The molecule has 0 saturated carbocycles. The lowest BCUT2D eigenvalue weighted by Gasteiger charge is -2.38. The van der Waals surface area contributed by atoms with Crippen LogP contribution in [0.2, 0.25) is 0 Å². The second-order valence-corrected chi connectivity index (χ2v) is 6.97. The zero-order chi connectivity index (χ0) is 16.2. The fourth-order valence-electron chi connectivity index (χ4n) is 4.02. The van der Waals surface area contributed by atoms with Crippen LogP contribution in [0.1, 0.15) is 48.5 Å². The van der Waals surface area contributed by atoms with Gasteiger partial charge in [-0.05, 0) is 69.3 Å². The van der Waals surface area contributed by atoms with Gasteiger partial charge in [0.05, 0.1) is 6.61 Å². The predicted octanol–water partition coefficient (Wildman–Crippen LogP) is 2.52. The summed E-state index contributed by atoms with van der Waals surface area (Å²) in [6, 6.07) is 8.00. The fraction of sp³-hybridized carbons (Fsp3) is 0.632. The minimum absolute atomic E-state index is 0.0173. The van der Waals surface area contributed by atoms with E-state index in [1.54, 1.807) is 6.07 Å². The summed E-state index contributed by atoms with van der Waals surface area (Å²) >= 11 is 0. The minimum Gasteiger partial charge on any atom is -0.392 e. The second-order valence-electron chi connectivity index (χ2n) is 6.97. The van der Waals surface area contributed by atoms with Crippen LogP contribution in [-0.4, -0.2) is 53.0 Å². The third kappa shape index (κ3) is 3.75. The van der Waals surface area contributed by atoms with E-state index in [0.717, 1.165) is 31.5 Å². The smallest absolute Gasteiger partial charge is 0.253 e. The lowest BCUT2D eigenvalue weighted by Crippen LogP contribution is -2.45. The van der Waals surface area contributed by atoms with Crippen molar-refractivity contribution in [2.45, 2.75) is 45.3 Å². The Morgan fingerprint density at radius 3 is 2.57 bits per heavy atom. The molecule has 126 valence electrons. The number of hydrogen-bond donors (Lipinski definition) is 1. The predicted molar refractivity (Wildman–Crippen MR) is 91.3 cm³/mol. The van der Waals surface area contributed by atoms with Crippen LogP contribution >= 0.6 is 0 Å². The Kier molecular flexibility index (Phi) is 5.34. The molecular weight excluding hydrogens is 288 g/mol. The van der Waals surface area contributed by atoms with Gasteiger partial charge in [0.25, 0.3) is 5.91 Å². The van der Waals surface area contributed by atoms with Crippen LogP contribution in [0.25, 0.3) is 0 Å². The van der Waals surface area contributed by atoms with Crippen LogP contribution in [-0.2, 0) is 6.61 Å². The van der Waals surface area contributed by atoms with Crippen molar-refractivity contribution in [2.24, 2.45) is 5.92 Å². The van der Waals surface area contributed by atoms with Gasteiger partial charge in [-0.3, -0.25) is 4.79 Å².